The van der Waals surface area contributed by atoms with E-state index in [9.17, 15) is 4.79 Å². The fourth-order valence-corrected chi connectivity index (χ4v) is 4.08. The summed E-state index contributed by atoms with van der Waals surface area (Å²) in [6, 6.07) is 20.9. The number of aryl methyl sites for hydroxylation is 1. The maximum atomic E-state index is 11.0. The highest BCUT2D eigenvalue weighted by Crippen LogP contribution is 2.35. The number of hydrogen-bond acceptors (Lipinski definition) is 2. The van der Waals surface area contributed by atoms with Crippen LogP contribution in [0.15, 0.2) is 60.7 Å². The molecule has 0 saturated heterocycles. The fraction of sp³-hybridized carbons (Fsp3) is 0.320. The molecule has 0 amide bonds. The molecule has 0 atom stereocenters. The molecular formula is C25H26O3. The summed E-state index contributed by atoms with van der Waals surface area (Å²) in [6.45, 7) is 0.759. The molecule has 3 aromatic carbocycles. The minimum absolute atomic E-state index is 0.138. The van der Waals surface area contributed by atoms with Gasteiger partial charge in [0.1, 0.15) is 5.75 Å². The van der Waals surface area contributed by atoms with Gasteiger partial charge in [-0.15, -0.1) is 0 Å². The van der Waals surface area contributed by atoms with E-state index < -0.39 is 5.97 Å². The van der Waals surface area contributed by atoms with Gasteiger partial charge in [0.15, 0.2) is 0 Å². The first-order valence-electron chi connectivity index (χ1n) is 10.2. The summed E-state index contributed by atoms with van der Waals surface area (Å²) in [5.41, 5.74) is 3.18. The third-order valence-electron chi connectivity index (χ3n) is 5.68. The van der Waals surface area contributed by atoms with Crippen molar-refractivity contribution in [2.45, 2.75) is 38.5 Å². The van der Waals surface area contributed by atoms with Crippen molar-refractivity contribution in [3.63, 3.8) is 0 Å². The standard InChI is InChI=1S/C25H26O3/c26-25(27)14-10-18-9-13-24(28-17-19-5-1-2-6-19)23(15-18)22-12-11-20-7-3-4-8-21(20)16-22/h3-4,7-9,11-13,15-16,19H,1-2,5-6,10,14,17H2,(H,26,27). The zero-order chi connectivity index (χ0) is 19.3. The Morgan fingerprint density at radius 3 is 2.54 bits per heavy atom. The molecule has 1 fully saturated rings. The Morgan fingerprint density at radius 1 is 0.964 bits per heavy atom. The Labute approximate surface area is 166 Å². The molecule has 0 heterocycles. The molecule has 1 saturated carbocycles. The minimum Gasteiger partial charge on any atom is -0.493 e. The van der Waals surface area contributed by atoms with Gasteiger partial charge in [0.25, 0.3) is 0 Å². The summed E-state index contributed by atoms with van der Waals surface area (Å²) in [7, 11) is 0. The second-order valence-corrected chi connectivity index (χ2v) is 7.75. The number of aliphatic carboxylic acids is 1. The molecular weight excluding hydrogens is 348 g/mol. The van der Waals surface area contributed by atoms with E-state index in [1.54, 1.807) is 0 Å². The van der Waals surface area contributed by atoms with E-state index in [-0.39, 0.29) is 6.42 Å². The molecule has 1 N–H and O–H groups in total. The monoisotopic (exact) mass is 374 g/mol. The average molecular weight is 374 g/mol. The minimum atomic E-state index is -0.770. The Bertz CT molecular complexity index is 970. The zero-order valence-electron chi connectivity index (χ0n) is 16.1. The second-order valence-electron chi connectivity index (χ2n) is 7.75. The maximum Gasteiger partial charge on any atom is 0.303 e. The van der Waals surface area contributed by atoms with Crippen molar-refractivity contribution in [1.82, 2.24) is 0 Å². The first-order valence-corrected chi connectivity index (χ1v) is 10.2. The molecule has 0 bridgehead atoms. The van der Waals surface area contributed by atoms with Crippen molar-refractivity contribution in [2.24, 2.45) is 5.92 Å². The lowest BCUT2D eigenvalue weighted by Crippen LogP contribution is -2.09. The van der Waals surface area contributed by atoms with Crippen LogP contribution in [-0.2, 0) is 11.2 Å². The van der Waals surface area contributed by atoms with E-state index in [4.69, 9.17) is 9.84 Å². The number of benzene rings is 3. The van der Waals surface area contributed by atoms with Gasteiger partial charge >= 0.3 is 5.97 Å². The molecule has 3 aromatic rings. The van der Waals surface area contributed by atoms with Gasteiger partial charge in [-0.2, -0.15) is 0 Å². The third-order valence-corrected chi connectivity index (χ3v) is 5.68. The van der Waals surface area contributed by atoms with E-state index in [0.29, 0.717) is 12.3 Å². The van der Waals surface area contributed by atoms with Crippen LogP contribution in [0.5, 0.6) is 5.75 Å². The summed E-state index contributed by atoms with van der Waals surface area (Å²) >= 11 is 0. The van der Waals surface area contributed by atoms with Crippen LogP contribution in [0.4, 0.5) is 0 Å². The molecule has 0 unspecified atom stereocenters. The predicted octanol–water partition coefficient (Wildman–Crippen LogP) is 6.09. The number of carbonyl (C=O) groups is 1. The van der Waals surface area contributed by atoms with Crippen LogP contribution in [0, 0.1) is 5.92 Å². The van der Waals surface area contributed by atoms with E-state index >= 15 is 0 Å². The number of ether oxygens (including phenoxy) is 1. The van der Waals surface area contributed by atoms with Crippen molar-refractivity contribution in [2.75, 3.05) is 6.61 Å². The molecule has 0 aromatic heterocycles. The number of fused-ring (bicyclic) bond motifs is 1. The molecule has 0 radical (unpaired) electrons. The highest BCUT2D eigenvalue weighted by Gasteiger charge is 2.17. The largest absolute Gasteiger partial charge is 0.493 e. The van der Waals surface area contributed by atoms with Crippen LogP contribution in [0.3, 0.4) is 0 Å². The van der Waals surface area contributed by atoms with Gasteiger partial charge in [0.05, 0.1) is 6.61 Å². The van der Waals surface area contributed by atoms with Crippen LogP contribution < -0.4 is 4.74 Å². The number of hydrogen-bond donors (Lipinski definition) is 1. The number of carboxylic acids is 1. The molecule has 0 aliphatic heterocycles. The number of rotatable bonds is 7. The Morgan fingerprint density at radius 2 is 1.75 bits per heavy atom. The SMILES string of the molecule is O=C(O)CCc1ccc(OCC2CCCC2)c(-c2ccc3ccccc3c2)c1. The predicted molar refractivity (Wildman–Crippen MR) is 113 cm³/mol. The van der Waals surface area contributed by atoms with Crippen molar-refractivity contribution in [3.05, 3.63) is 66.2 Å². The van der Waals surface area contributed by atoms with Gasteiger partial charge in [-0.25, -0.2) is 0 Å². The van der Waals surface area contributed by atoms with Gasteiger partial charge in [-0.05, 0) is 65.3 Å². The zero-order valence-corrected chi connectivity index (χ0v) is 16.1. The molecule has 4 rings (SSSR count). The topological polar surface area (TPSA) is 46.5 Å². The van der Waals surface area contributed by atoms with Crippen molar-refractivity contribution in [1.29, 1.82) is 0 Å². The lowest BCUT2D eigenvalue weighted by molar-refractivity contribution is -0.136. The van der Waals surface area contributed by atoms with E-state index in [1.165, 1.54) is 36.5 Å². The Hall–Kier alpha value is -2.81. The molecule has 1 aliphatic carbocycles. The normalized spacial score (nSPS) is 14.4. The van der Waals surface area contributed by atoms with Gasteiger partial charge in [0.2, 0.25) is 0 Å². The lowest BCUT2D eigenvalue weighted by Gasteiger charge is -2.16. The van der Waals surface area contributed by atoms with Crippen molar-refractivity contribution in [3.8, 4) is 16.9 Å². The fourth-order valence-electron chi connectivity index (χ4n) is 4.08. The Balaban J connectivity index is 1.66. The van der Waals surface area contributed by atoms with Gasteiger partial charge < -0.3 is 9.84 Å². The highest BCUT2D eigenvalue weighted by molar-refractivity contribution is 5.88. The van der Waals surface area contributed by atoms with Gasteiger partial charge in [-0.1, -0.05) is 55.3 Å². The van der Waals surface area contributed by atoms with E-state index in [0.717, 1.165) is 29.0 Å². The quantitative estimate of drug-likeness (QED) is 0.544. The van der Waals surface area contributed by atoms with Crippen molar-refractivity contribution < 1.29 is 14.6 Å². The maximum absolute atomic E-state index is 11.0. The average Bonchev–Trinajstić information content (AvgIpc) is 3.24. The van der Waals surface area contributed by atoms with Gasteiger partial charge in [-0.3, -0.25) is 4.79 Å². The van der Waals surface area contributed by atoms with Crippen LogP contribution >= 0.6 is 0 Å². The van der Waals surface area contributed by atoms with Crippen LogP contribution in [0.1, 0.15) is 37.7 Å². The number of carboxylic acid groups (broad SMARTS) is 1. The molecule has 144 valence electrons. The van der Waals surface area contributed by atoms with Crippen LogP contribution in [0.25, 0.3) is 21.9 Å². The van der Waals surface area contributed by atoms with Crippen LogP contribution in [0.2, 0.25) is 0 Å². The smallest absolute Gasteiger partial charge is 0.303 e. The molecule has 3 nitrogen and oxygen atoms in total. The molecule has 1 aliphatic rings. The third kappa shape index (κ3) is 4.36. The van der Waals surface area contributed by atoms with Crippen LogP contribution in [-0.4, -0.2) is 17.7 Å². The summed E-state index contributed by atoms with van der Waals surface area (Å²) in [4.78, 5) is 11.0. The molecule has 0 spiro atoms. The molecule has 3 heteroatoms. The highest BCUT2D eigenvalue weighted by atomic mass is 16.5. The second kappa shape index (κ2) is 8.47. The summed E-state index contributed by atoms with van der Waals surface area (Å²) in [5, 5.41) is 11.4. The Kier molecular flexibility index (Phi) is 5.61. The summed E-state index contributed by atoms with van der Waals surface area (Å²) < 4.78 is 6.25. The first-order chi connectivity index (χ1) is 13.7. The van der Waals surface area contributed by atoms with Crippen molar-refractivity contribution >= 4 is 16.7 Å². The van der Waals surface area contributed by atoms with Gasteiger partial charge in [0, 0.05) is 12.0 Å². The molecule has 28 heavy (non-hydrogen) atoms. The summed E-state index contributed by atoms with van der Waals surface area (Å²) in [6.07, 6.45) is 5.78. The van der Waals surface area contributed by atoms with E-state index in [2.05, 4.69) is 36.4 Å². The first kappa shape index (κ1) is 18.5. The van der Waals surface area contributed by atoms with E-state index in [1.807, 2.05) is 24.3 Å². The lowest BCUT2D eigenvalue weighted by atomic mass is 9.97. The summed E-state index contributed by atoms with van der Waals surface area (Å²) in [5.74, 6) is 0.770.